The van der Waals surface area contributed by atoms with E-state index in [1.54, 1.807) is 6.20 Å². The number of nitrogens with zero attached hydrogens (tertiary/aromatic N) is 3. The summed E-state index contributed by atoms with van der Waals surface area (Å²) in [4.78, 5) is 20.1. The zero-order valence-corrected chi connectivity index (χ0v) is 19.8. The molecule has 4 rings (SSSR count). The lowest BCUT2D eigenvalue weighted by Crippen LogP contribution is -2.30. The van der Waals surface area contributed by atoms with Gasteiger partial charge in [0.25, 0.3) is 5.91 Å². The van der Waals surface area contributed by atoms with E-state index < -0.39 is 0 Å². The molecule has 172 valence electrons. The Kier molecular flexibility index (Phi) is 7.74. The van der Waals surface area contributed by atoms with Crippen molar-refractivity contribution in [1.29, 1.82) is 0 Å². The van der Waals surface area contributed by atoms with Crippen LogP contribution in [0.1, 0.15) is 42.7 Å². The second kappa shape index (κ2) is 11.1. The van der Waals surface area contributed by atoms with Crippen molar-refractivity contribution in [3.63, 3.8) is 0 Å². The van der Waals surface area contributed by atoms with Gasteiger partial charge in [-0.2, -0.15) is 0 Å². The van der Waals surface area contributed by atoms with Gasteiger partial charge in [-0.3, -0.25) is 4.79 Å². The van der Waals surface area contributed by atoms with Crippen molar-refractivity contribution in [1.82, 2.24) is 19.8 Å². The lowest BCUT2D eigenvalue weighted by atomic mass is 10.1. The smallest absolute Gasteiger partial charge is 0.272 e. The Labute approximate surface area is 196 Å². The number of pyridine rings is 1. The minimum Gasteiger partial charge on any atom is -0.351 e. The number of carbonyl (C=O) groups excluding carboxylic acids is 1. The highest BCUT2D eigenvalue weighted by Crippen LogP contribution is 2.30. The highest BCUT2D eigenvalue weighted by atomic mass is 16.1. The quantitative estimate of drug-likeness (QED) is 0.321. The summed E-state index contributed by atoms with van der Waals surface area (Å²) in [6, 6.07) is 21.0. The maximum absolute atomic E-state index is 13.2. The zero-order valence-electron chi connectivity index (χ0n) is 19.8. The van der Waals surface area contributed by atoms with E-state index in [1.165, 1.54) is 10.9 Å². The molecular weight excluding hydrogens is 408 g/mol. The number of benzene rings is 2. The Morgan fingerprint density at radius 2 is 1.70 bits per heavy atom. The summed E-state index contributed by atoms with van der Waals surface area (Å²) in [7, 11) is 0. The number of nitrogens with one attached hydrogen (secondary N) is 1. The molecule has 0 bridgehead atoms. The summed E-state index contributed by atoms with van der Waals surface area (Å²) < 4.78 is 2.28. The maximum Gasteiger partial charge on any atom is 0.272 e. The first-order valence-electron chi connectivity index (χ1n) is 12.1. The molecule has 0 aliphatic carbocycles. The van der Waals surface area contributed by atoms with E-state index in [9.17, 15) is 4.79 Å². The van der Waals surface area contributed by atoms with Gasteiger partial charge in [0.05, 0.1) is 5.52 Å². The van der Waals surface area contributed by atoms with Crippen LogP contribution >= 0.6 is 0 Å². The fraction of sp³-hybridized carbons (Fsp3) is 0.357. The van der Waals surface area contributed by atoms with E-state index in [1.807, 2.05) is 6.07 Å². The molecule has 0 atom stereocenters. The largest absolute Gasteiger partial charge is 0.351 e. The predicted octanol–water partition coefficient (Wildman–Crippen LogP) is 5.28. The van der Waals surface area contributed by atoms with E-state index in [-0.39, 0.29) is 5.91 Å². The molecule has 0 radical (unpaired) electrons. The SMILES string of the molecule is CCN(CC)CCCNC(=O)c1nccc2c3ccccc3n(CCCc3ccccc3)c12. The molecule has 2 aromatic heterocycles. The maximum atomic E-state index is 13.2. The first-order valence-corrected chi connectivity index (χ1v) is 12.1. The molecule has 0 saturated heterocycles. The Morgan fingerprint density at radius 3 is 2.48 bits per heavy atom. The van der Waals surface area contributed by atoms with Gasteiger partial charge in [0.1, 0.15) is 0 Å². The van der Waals surface area contributed by atoms with Gasteiger partial charge in [0, 0.05) is 35.6 Å². The molecule has 1 N–H and O–H groups in total. The summed E-state index contributed by atoms with van der Waals surface area (Å²) in [5, 5.41) is 5.37. The molecule has 5 nitrogen and oxygen atoms in total. The molecule has 0 aliphatic rings. The van der Waals surface area contributed by atoms with Gasteiger partial charge in [-0.25, -0.2) is 4.98 Å². The van der Waals surface area contributed by atoms with Crippen LogP contribution in [0.2, 0.25) is 0 Å². The van der Waals surface area contributed by atoms with Crippen molar-refractivity contribution in [2.24, 2.45) is 0 Å². The number of aryl methyl sites for hydroxylation is 2. The third kappa shape index (κ3) is 5.25. The topological polar surface area (TPSA) is 50.2 Å². The van der Waals surface area contributed by atoms with Crippen LogP contribution in [-0.4, -0.2) is 46.5 Å². The molecule has 0 saturated carbocycles. The Hall–Kier alpha value is -3.18. The zero-order chi connectivity index (χ0) is 23.0. The van der Waals surface area contributed by atoms with Gasteiger partial charge in [-0.15, -0.1) is 0 Å². The third-order valence-electron chi connectivity index (χ3n) is 6.42. The van der Waals surface area contributed by atoms with Gasteiger partial charge in [-0.1, -0.05) is 62.4 Å². The standard InChI is InChI=1S/C28H34N4O/c1-3-31(4-2)20-11-18-30-28(33)26-27-24(17-19-29-26)23-15-8-9-16-25(23)32(27)21-10-14-22-12-6-5-7-13-22/h5-9,12-13,15-17,19H,3-4,10-11,14,18,20-21H2,1-2H3,(H,30,33). The van der Waals surface area contributed by atoms with E-state index >= 15 is 0 Å². The monoisotopic (exact) mass is 442 g/mol. The fourth-order valence-electron chi connectivity index (χ4n) is 4.61. The van der Waals surface area contributed by atoms with Crippen LogP contribution < -0.4 is 5.32 Å². The summed E-state index contributed by atoms with van der Waals surface area (Å²) in [6.45, 7) is 8.90. The first-order chi connectivity index (χ1) is 16.2. The molecule has 0 unspecified atom stereocenters. The number of carbonyl (C=O) groups is 1. The van der Waals surface area contributed by atoms with Crippen LogP contribution in [0.25, 0.3) is 21.8 Å². The Bertz CT molecular complexity index is 1190. The summed E-state index contributed by atoms with van der Waals surface area (Å²) in [6.07, 6.45) is 4.69. The molecule has 0 aliphatic heterocycles. The number of aromatic nitrogens is 2. The van der Waals surface area contributed by atoms with E-state index in [2.05, 4.69) is 88.2 Å². The van der Waals surface area contributed by atoms with Crippen LogP contribution in [0.5, 0.6) is 0 Å². The molecule has 5 heteroatoms. The van der Waals surface area contributed by atoms with Crippen LogP contribution in [0.15, 0.2) is 66.9 Å². The average Bonchev–Trinajstić information content (AvgIpc) is 3.18. The molecule has 33 heavy (non-hydrogen) atoms. The number of amides is 1. The molecular formula is C28H34N4O. The Balaban J connectivity index is 1.57. The van der Waals surface area contributed by atoms with Crippen molar-refractivity contribution in [2.75, 3.05) is 26.2 Å². The van der Waals surface area contributed by atoms with Gasteiger partial charge in [-0.05, 0) is 56.6 Å². The van der Waals surface area contributed by atoms with Crippen molar-refractivity contribution >= 4 is 27.7 Å². The lowest BCUT2D eigenvalue weighted by molar-refractivity contribution is 0.0948. The normalized spacial score (nSPS) is 11.5. The van der Waals surface area contributed by atoms with Gasteiger partial charge < -0.3 is 14.8 Å². The van der Waals surface area contributed by atoms with Gasteiger partial charge in [0.15, 0.2) is 5.69 Å². The van der Waals surface area contributed by atoms with E-state index in [0.29, 0.717) is 12.2 Å². The molecule has 4 aromatic rings. The van der Waals surface area contributed by atoms with Crippen molar-refractivity contribution < 1.29 is 4.79 Å². The number of para-hydroxylation sites is 1. The van der Waals surface area contributed by atoms with Crippen molar-refractivity contribution in [3.05, 3.63) is 78.1 Å². The summed E-state index contributed by atoms with van der Waals surface area (Å²) >= 11 is 0. The van der Waals surface area contributed by atoms with Gasteiger partial charge >= 0.3 is 0 Å². The van der Waals surface area contributed by atoms with E-state index in [4.69, 9.17) is 0 Å². The molecule has 0 spiro atoms. The highest BCUT2D eigenvalue weighted by molar-refractivity contribution is 6.14. The van der Waals surface area contributed by atoms with Crippen LogP contribution in [-0.2, 0) is 13.0 Å². The number of hydrogen-bond donors (Lipinski definition) is 1. The minimum absolute atomic E-state index is 0.0905. The second-order valence-corrected chi connectivity index (χ2v) is 8.45. The minimum atomic E-state index is -0.0905. The first kappa shape index (κ1) is 23.0. The fourth-order valence-corrected chi connectivity index (χ4v) is 4.61. The second-order valence-electron chi connectivity index (χ2n) is 8.45. The summed E-state index contributed by atoms with van der Waals surface area (Å²) in [5.41, 5.74) is 3.95. The van der Waals surface area contributed by atoms with Crippen molar-refractivity contribution in [2.45, 2.75) is 39.7 Å². The number of rotatable bonds is 11. The summed E-state index contributed by atoms with van der Waals surface area (Å²) in [5.74, 6) is -0.0905. The molecule has 1 amide bonds. The molecule has 0 fully saturated rings. The van der Waals surface area contributed by atoms with Crippen LogP contribution in [0.3, 0.4) is 0 Å². The predicted molar refractivity (Wildman–Crippen MR) is 137 cm³/mol. The van der Waals surface area contributed by atoms with E-state index in [0.717, 1.165) is 61.9 Å². The highest BCUT2D eigenvalue weighted by Gasteiger charge is 2.19. The number of hydrogen-bond acceptors (Lipinski definition) is 3. The molecule has 2 aromatic carbocycles. The third-order valence-corrected chi connectivity index (χ3v) is 6.42. The van der Waals surface area contributed by atoms with Crippen LogP contribution in [0.4, 0.5) is 0 Å². The van der Waals surface area contributed by atoms with Gasteiger partial charge in [0.2, 0.25) is 0 Å². The lowest BCUT2D eigenvalue weighted by Gasteiger charge is -2.17. The van der Waals surface area contributed by atoms with Crippen LogP contribution in [0, 0.1) is 0 Å². The number of fused-ring (bicyclic) bond motifs is 3. The molecule has 2 heterocycles. The Morgan fingerprint density at radius 1 is 0.939 bits per heavy atom. The average molecular weight is 443 g/mol. The van der Waals surface area contributed by atoms with Crippen molar-refractivity contribution in [3.8, 4) is 0 Å².